The summed E-state index contributed by atoms with van der Waals surface area (Å²) in [5, 5.41) is 7.61. The van der Waals surface area contributed by atoms with Crippen molar-refractivity contribution in [2.45, 2.75) is 52.3 Å². The summed E-state index contributed by atoms with van der Waals surface area (Å²) in [6.45, 7) is 10.9. The Balaban J connectivity index is 1.48. The van der Waals surface area contributed by atoms with E-state index in [2.05, 4.69) is 15.8 Å². The number of hydrogen-bond donors (Lipinski definition) is 2. The van der Waals surface area contributed by atoms with E-state index in [1.54, 1.807) is 4.90 Å². The summed E-state index contributed by atoms with van der Waals surface area (Å²) in [6, 6.07) is 3.73. The molecule has 0 saturated carbocycles. The number of likely N-dealkylation sites (tertiary alicyclic amines) is 1. The van der Waals surface area contributed by atoms with Crippen LogP contribution < -0.4 is 20.4 Å². The van der Waals surface area contributed by atoms with Gasteiger partial charge in [-0.2, -0.15) is 5.10 Å². The van der Waals surface area contributed by atoms with Crippen LogP contribution in [0.5, 0.6) is 5.75 Å². The van der Waals surface area contributed by atoms with E-state index in [0.717, 1.165) is 22.7 Å². The number of amidine groups is 1. The molecule has 1 fully saturated rings. The molecule has 2 amide bonds. The van der Waals surface area contributed by atoms with Crippen LogP contribution in [-0.2, 0) is 9.53 Å². The van der Waals surface area contributed by atoms with Crippen LogP contribution in [0.3, 0.4) is 0 Å². The lowest BCUT2D eigenvalue weighted by Gasteiger charge is -2.41. The van der Waals surface area contributed by atoms with Crippen LogP contribution in [0.1, 0.15) is 33.3 Å². The number of carbonyl (C=O) groups excluding carboxylic acids is 2. The maximum atomic E-state index is 12.1. The van der Waals surface area contributed by atoms with E-state index in [1.807, 2.05) is 51.7 Å². The number of rotatable bonds is 2. The molecule has 3 aliphatic heterocycles. The van der Waals surface area contributed by atoms with Crippen molar-refractivity contribution in [3.05, 3.63) is 17.7 Å². The molecule has 2 N–H and O–H groups in total. The number of ether oxygens (including phenoxy) is 2. The molecule has 9 nitrogen and oxygen atoms in total. The largest absolute Gasteiger partial charge is 0.483 e. The number of amides is 2. The zero-order chi connectivity index (χ0) is 20.9. The second-order valence-corrected chi connectivity index (χ2v) is 8.70. The van der Waals surface area contributed by atoms with E-state index in [0.29, 0.717) is 25.5 Å². The first-order chi connectivity index (χ1) is 13.6. The molecule has 9 heteroatoms. The van der Waals surface area contributed by atoms with Gasteiger partial charge in [-0.25, -0.2) is 10.2 Å². The Labute approximate surface area is 170 Å². The number of fused-ring (bicyclic) bond motifs is 3. The molecule has 3 aliphatic rings. The Kier molecular flexibility index (Phi) is 4.55. The van der Waals surface area contributed by atoms with Crippen molar-refractivity contribution in [3.8, 4) is 5.75 Å². The lowest BCUT2D eigenvalue weighted by atomic mass is 10.0. The van der Waals surface area contributed by atoms with Gasteiger partial charge in [0.1, 0.15) is 24.0 Å². The van der Waals surface area contributed by atoms with Gasteiger partial charge in [0.25, 0.3) is 5.91 Å². The standard InChI is InChI=1S/C20H27N5O4/c1-11-6-16-15(25-12(2)18(26)23-22-17(25)10-28-16)7-14(11)21-13-8-24(9-13)19(27)29-20(3,4)5/h6-7,12-13,21H,8-10H2,1-5H3,(H,23,26)/t12-/m1/s1. The summed E-state index contributed by atoms with van der Waals surface area (Å²) in [6.07, 6.45) is -0.292. The first-order valence-electron chi connectivity index (χ1n) is 9.80. The summed E-state index contributed by atoms with van der Waals surface area (Å²) in [7, 11) is 0. The third-order valence-electron chi connectivity index (χ3n) is 5.16. The normalized spacial score (nSPS) is 21.2. The molecule has 3 heterocycles. The van der Waals surface area contributed by atoms with Gasteiger partial charge in [0.15, 0.2) is 5.84 Å². The number of anilines is 2. The quantitative estimate of drug-likeness (QED) is 0.788. The summed E-state index contributed by atoms with van der Waals surface area (Å²) < 4.78 is 11.2. The first kappa shape index (κ1) is 19.4. The molecule has 1 saturated heterocycles. The summed E-state index contributed by atoms with van der Waals surface area (Å²) in [5.41, 5.74) is 4.83. The highest BCUT2D eigenvalue weighted by molar-refractivity contribution is 6.09. The van der Waals surface area contributed by atoms with Crippen LogP contribution in [0.2, 0.25) is 0 Å². The molecule has 0 unspecified atom stereocenters. The number of aryl methyl sites for hydroxylation is 1. The minimum absolute atomic E-state index is 0.138. The highest BCUT2D eigenvalue weighted by Gasteiger charge is 2.37. The molecule has 4 rings (SSSR count). The lowest BCUT2D eigenvalue weighted by molar-refractivity contribution is -0.122. The third-order valence-corrected chi connectivity index (χ3v) is 5.16. The molecular formula is C20H27N5O4. The van der Waals surface area contributed by atoms with E-state index in [9.17, 15) is 9.59 Å². The number of hydrazone groups is 1. The Morgan fingerprint density at radius 3 is 2.76 bits per heavy atom. The maximum absolute atomic E-state index is 12.1. The summed E-state index contributed by atoms with van der Waals surface area (Å²) in [5.74, 6) is 1.26. The second kappa shape index (κ2) is 6.82. The van der Waals surface area contributed by atoms with Gasteiger partial charge in [0.05, 0.1) is 11.7 Å². The van der Waals surface area contributed by atoms with Crippen LogP contribution in [-0.4, -0.2) is 60.1 Å². The van der Waals surface area contributed by atoms with Crippen molar-refractivity contribution in [1.82, 2.24) is 10.3 Å². The monoisotopic (exact) mass is 401 g/mol. The number of carbonyl (C=O) groups is 2. The van der Waals surface area contributed by atoms with E-state index in [1.165, 1.54) is 0 Å². The van der Waals surface area contributed by atoms with Crippen molar-refractivity contribution >= 4 is 29.2 Å². The predicted octanol–water partition coefficient (Wildman–Crippen LogP) is 2.06. The number of benzene rings is 1. The van der Waals surface area contributed by atoms with Crippen molar-refractivity contribution in [1.29, 1.82) is 0 Å². The average Bonchev–Trinajstić information content (AvgIpc) is 2.59. The van der Waals surface area contributed by atoms with Gasteiger partial charge in [-0.15, -0.1) is 0 Å². The van der Waals surface area contributed by atoms with Crippen molar-refractivity contribution in [3.63, 3.8) is 0 Å². The molecule has 29 heavy (non-hydrogen) atoms. The Bertz CT molecular complexity index is 886. The maximum Gasteiger partial charge on any atom is 0.410 e. The smallest absolute Gasteiger partial charge is 0.410 e. The van der Waals surface area contributed by atoms with Crippen molar-refractivity contribution in [2.75, 3.05) is 29.9 Å². The molecule has 1 atom stereocenters. The molecule has 0 spiro atoms. The van der Waals surface area contributed by atoms with E-state index < -0.39 is 5.60 Å². The van der Waals surface area contributed by atoms with Gasteiger partial charge in [0.2, 0.25) is 0 Å². The van der Waals surface area contributed by atoms with Crippen LogP contribution in [0.15, 0.2) is 17.2 Å². The fourth-order valence-corrected chi connectivity index (χ4v) is 3.59. The summed E-state index contributed by atoms with van der Waals surface area (Å²) in [4.78, 5) is 27.8. The molecule has 156 valence electrons. The fourth-order valence-electron chi connectivity index (χ4n) is 3.59. The molecule has 1 aromatic rings. The highest BCUT2D eigenvalue weighted by atomic mass is 16.6. The van der Waals surface area contributed by atoms with Crippen LogP contribution in [0, 0.1) is 6.92 Å². The van der Waals surface area contributed by atoms with Crippen LogP contribution in [0.4, 0.5) is 16.2 Å². The number of nitrogens with one attached hydrogen (secondary N) is 2. The molecule has 0 radical (unpaired) electrons. The predicted molar refractivity (Wildman–Crippen MR) is 109 cm³/mol. The average molecular weight is 401 g/mol. The number of hydrogen-bond acceptors (Lipinski definition) is 7. The van der Waals surface area contributed by atoms with Crippen molar-refractivity contribution in [2.24, 2.45) is 5.10 Å². The van der Waals surface area contributed by atoms with Gasteiger partial charge in [0, 0.05) is 18.8 Å². The van der Waals surface area contributed by atoms with E-state index in [-0.39, 0.29) is 24.1 Å². The second-order valence-electron chi connectivity index (χ2n) is 8.70. The van der Waals surface area contributed by atoms with Crippen molar-refractivity contribution < 1.29 is 19.1 Å². The van der Waals surface area contributed by atoms with E-state index in [4.69, 9.17) is 9.47 Å². The zero-order valence-electron chi connectivity index (χ0n) is 17.4. The Morgan fingerprint density at radius 2 is 2.07 bits per heavy atom. The lowest BCUT2D eigenvalue weighted by Crippen LogP contribution is -2.58. The minimum Gasteiger partial charge on any atom is -0.483 e. The molecule has 0 aromatic heterocycles. The van der Waals surface area contributed by atoms with Crippen LogP contribution >= 0.6 is 0 Å². The SMILES string of the molecule is Cc1cc2c(cc1NC1CN(C(=O)OC(C)(C)C)C1)N1C(=NNC(=O)[C@H]1C)CO2. The Morgan fingerprint density at radius 1 is 1.34 bits per heavy atom. The van der Waals surface area contributed by atoms with Gasteiger partial charge in [-0.3, -0.25) is 4.79 Å². The Hall–Kier alpha value is -2.97. The first-order valence-corrected chi connectivity index (χ1v) is 9.80. The van der Waals surface area contributed by atoms with Crippen LogP contribution in [0.25, 0.3) is 0 Å². The van der Waals surface area contributed by atoms with E-state index >= 15 is 0 Å². The van der Waals surface area contributed by atoms with Gasteiger partial charge in [-0.05, 0) is 52.3 Å². The van der Waals surface area contributed by atoms with Gasteiger partial charge >= 0.3 is 6.09 Å². The fraction of sp³-hybridized carbons (Fsp3) is 0.550. The molecule has 0 aliphatic carbocycles. The zero-order valence-corrected chi connectivity index (χ0v) is 17.4. The molecular weight excluding hydrogens is 374 g/mol. The third kappa shape index (κ3) is 3.68. The molecule has 0 bridgehead atoms. The minimum atomic E-state index is -0.499. The van der Waals surface area contributed by atoms with Gasteiger partial charge < -0.3 is 24.6 Å². The molecule has 1 aromatic carbocycles. The topological polar surface area (TPSA) is 95.5 Å². The highest BCUT2D eigenvalue weighted by Crippen LogP contribution is 2.39. The summed E-state index contributed by atoms with van der Waals surface area (Å²) >= 11 is 0. The number of nitrogens with zero attached hydrogens (tertiary/aromatic N) is 3. The van der Waals surface area contributed by atoms with Gasteiger partial charge in [-0.1, -0.05) is 0 Å².